The third kappa shape index (κ3) is 3.54. The molecule has 1 aliphatic rings. The highest BCUT2D eigenvalue weighted by Gasteiger charge is 2.25. The van der Waals surface area contributed by atoms with Gasteiger partial charge in [0.25, 0.3) is 5.91 Å². The fraction of sp³-hybridized carbons (Fsp3) is 0.500. The first-order valence-corrected chi connectivity index (χ1v) is 8.76. The first-order valence-electron chi connectivity index (χ1n) is 8.38. The van der Waals surface area contributed by atoms with Crippen LogP contribution in [0.15, 0.2) is 24.4 Å². The predicted molar refractivity (Wildman–Crippen MR) is 92.8 cm³/mol. The molecule has 0 unspecified atom stereocenters. The van der Waals surface area contributed by atoms with Crippen LogP contribution < -0.4 is 5.32 Å². The van der Waals surface area contributed by atoms with Crippen LogP contribution in [0.3, 0.4) is 0 Å². The van der Waals surface area contributed by atoms with E-state index in [1.165, 1.54) is 25.7 Å². The Morgan fingerprint density at radius 3 is 2.70 bits per heavy atom. The average Bonchev–Trinajstić information content (AvgIpc) is 2.88. The van der Waals surface area contributed by atoms with E-state index in [1.807, 2.05) is 12.1 Å². The van der Waals surface area contributed by atoms with Gasteiger partial charge in [0.15, 0.2) is 0 Å². The SMILES string of the molecule is O=C(N[C@@H](CO)C1CCCCCC1)c1ccc2[nH]ccc2c1Cl. The molecule has 0 bridgehead atoms. The van der Waals surface area contributed by atoms with Crippen molar-refractivity contribution in [3.8, 4) is 0 Å². The van der Waals surface area contributed by atoms with Crippen LogP contribution in [0.25, 0.3) is 10.9 Å². The van der Waals surface area contributed by atoms with Gasteiger partial charge < -0.3 is 15.4 Å². The molecule has 3 rings (SSSR count). The second-order valence-electron chi connectivity index (χ2n) is 6.38. The van der Waals surface area contributed by atoms with E-state index in [4.69, 9.17) is 11.6 Å². The van der Waals surface area contributed by atoms with E-state index in [-0.39, 0.29) is 18.6 Å². The Balaban J connectivity index is 1.76. The zero-order valence-corrected chi connectivity index (χ0v) is 13.9. The number of carbonyl (C=O) groups excluding carboxylic acids is 1. The van der Waals surface area contributed by atoms with E-state index in [2.05, 4.69) is 10.3 Å². The minimum Gasteiger partial charge on any atom is -0.394 e. The lowest BCUT2D eigenvalue weighted by molar-refractivity contribution is 0.0882. The minimum atomic E-state index is -0.207. The van der Waals surface area contributed by atoms with Gasteiger partial charge in [-0.3, -0.25) is 4.79 Å². The van der Waals surface area contributed by atoms with Crippen molar-refractivity contribution < 1.29 is 9.90 Å². The van der Waals surface area contributed by atoms with E-state index in [0.717, 1.165) is 23.7 Å². The van der Waals surface area contributed by atoms with Gasteiger partial charge in [-0.15, -0.1) is 0 Å². The normalized spacial score (nSPS) is 17.8. The number of H-pyrrole nitrogens is 1. The van der Waals surface area contributed by atoms with E-state index in [0.29, 0.717) is 16.5 Å². The quantitative estimate of drug-likeness (QED) is 0.743. The van der Waals surface area contributed by atoms with Crippen molar-refractivity contribution in [3.05, 3.63) is 35.0 Å². The molecular weight excluding hydrogens is 312 g/mol. The summed E-state index contributed by atoms with van der Waals surface area (Å²) in [5.41, 5.74) is 1.37. The number of carbonyl (C=O) groups is 1. The van der Waals surface area contributed by atoms with Gasteiger partial charge in [0, 0.05) is 17.1 Å². The maximum Gasteiger partial charge on any atom is 0.253 e. The van der Waals surface area contributed by atoms with Gasteiger partial charge >= 0.3 is 0 Å². The van der Waals surface area contributed by atoms with Crippen LogP contribution in [0.5, 0.6) is 0 Å². The Bertz CT molecular complexity index is 675. The Labute approximate surface area is 141 Å². The molecule has 3 N–H and O–H groups in total. The molecule has 1 saturated carbocycles. The van der Waals surface area contributed by atoms with Crippen LogP contribution in [0.4, 0.5) is 0 Å². The number of nitrogens with one attached hydrogen (secondary N) is 2. The first-order chi connectivity index (χ1) is 11.2. The minimum absolute atomic E-state index is 0.0274. The fourth-order valence-corrected chi connectivity index (χ4v) is 3.86. The number of hydrogen-bond acceptors (Lipinski definition) is 2. The molecule has 1 heterocycles. The lowest BCUT2D eigenvalue weighted by Crippen LogP contribution is -2.43. The van der Waals surface area contributed by atoms with Crippen LogP contribution in [0.2, 0.25) is 5.02 Å². The van der Waals surface area contributed by atoms with Gasteiger partial charge in [0.2, 0.25) is 0 Å². The molecule has 1 aromatic carbocycles. The topological polar surface area (TPSA) is 65.1 Å². The summed E-state index contributed by atoms with van der Waals surface area (Å²) in [4.78, 5) is 15.7. The zero-order chi connectivity index (χ0) is 16.2. The van der Waals surface area contributed by atoms with E-state index < -0.39 is 0 Å². The standard InChI is InChI=1S/C18H23ClN2O2/c19-17-13-9-10-20-15(13)8-7-14(17)18(23)21-16(11-22)12-5-3-1-2-4-6-12/h7-10,12,16,20,22H,1-6,11H2,(H,21,23)/t16-/m0/s1. The monoisotopic (exact) mass is 334 g/mol. The van der Waals surface area contributed by atoms with E-state index in [1.54, 1.807) is 12.3 Å². The summed E-state index contributed by atoms with van der Waals surface area (Å²) in [5.74, 6) is 0.141. The van der Waals surface area contributed by atoms with Crippen molar-refractivity contribution in [2.45, 2.75) is 44.6 Å². The summed E-state index contributed by atoms with van der Waals surface area (Å²) in [6, 6.07) is 5.26. The molecule has 124 valence electrons. The zero-order valence-electron chi connectivity index (χ0n) is 13.1. The molecule has 23 heavy (non-hydrogen) atoms. The molecular formula is C18H23ClN2O2. The van der Waals surface area contributed by atoms with E-state index in [9.17, 15) is 9.90 Å². The lowest BCUT2D eigenvalue weighted by atomic mass is 9.92. The van der Waals surface area contributed by atoms with Gasteiger partial charge in [0.05, 0.1) is 23.2 Å². The van der Waals surface area contributed by atoms with Gasteiger partial charge in [-0.05, 0) is 37.0 Å². The number of rotatable bonds is 4. The molecule has 2 aromatic rings. The molecule has 0 spiro atoms. The van der Waals surface area contributed by atoms with Crippen LogP contribution in [-0.4, -0.2) is 28.6 Å². The van der Waals surface area contributed by atoms with E-state index >= 15 is 0 Å². The van der Waals surface area contributed by atoms with Crippen LogP contribution >= 0.6 is 11.6 Å². The maximum absolute atomic E-state index is 12.6. The van der Waals surface area contributed by atoms with Gasteiger partial charge in [-0.1, -0.05) is 37.3 Å². The maximum atomic E-state index is 12.6. The number of aromatic nitrogens is 1. The number of fused-ring (bicyclic) bond motifs is 1. The summed E-state index contributed by atoms with van der Waals surface area (Å²) < 4.78 is 0. The fourth-order valence-electron chi connectivity index (χ4n) is 3.54. The highest BCUT2D eigenvalue weighted by Crippen LogP contribution is 2.28. The van der Waals surface area contributed by atoms with Gasteiger partial charge in [-0.25, -0.2) is 0 Å². The van der Waals surface area contributed by atoms with Crippen LogP contribution in [0.1, 0.15) is 48.9 Å². The number of aliphatic hydroxyl groups is 1. The molecule has 1 atom stereocenters. The lowest BCUT2D eigenvalue weighted by Gasteiger charge is -2.25. The average molecular weight is 335 g/mol. The second-order valence-corrected chi connectivity index (χ2v) is 6.76. The van der Waals surface area contributed by atoms with Crippen molar-refractivity contribution >= 4 is 28.4 Å². The third-order valence-electron chi connectivity index (χ3n) is 4.90. The number of benzene rings is 1. The summed E-state index contributed by atoms with van der Waals surface area (Å²) in [6.45, 7) is -0.0274. The Morgan fingerprint density at radius 2 is 2.00 bits per heavy atom. The largest absolute Gasteiger partial charge is 0.394 e. The highest BCUT2D eigenvalue weighted by atomic mass is 35.5. The van der Waals surface area contributed by atoms with Crippen molar-refractivity contribution in [1.82, 2.24) is 10.3 Å². The molecule has 0 saturated heterocycles. The predicted octanol–water partition coefficient (Wildman–Crippen LogP) is 3.88. The third-order valence-corrected chi connectivity index (χ3v) is 5.30. The summed E-state index contributed by atoms with van der Waals surface area (Å²) >= 11 is 6.37. The van der Waals surface area contributed by atoms with Gasteiger partial charge in [-0.2, -0.15) is 0 Å². The summed E-state index contributed by atoms with van der Waals surface area (Å²) in [5, 5.41) is 14.0. The molecule has 1 amide bonds. The number of aromatic amines is 1. The smallest absolute Gasteiger partial charge is 0.253 e. The van der Waals surface area contributed by atoms with Crippen molar-refractivity contribution in [1.29, 1.82) is 0 Å². The summed E-state index contributed by atoms with van der Waals surface area (Å²) in [6.07, 6.45) is 8.78. The molecule has 5 heteroatoms. The van der Waals surface area contributed by atoms with Crippen molar-refractivity contribution in [2.75, 3.05) is 6.61 Å². The van der Waals surface area contributed by atoms with Crippen LogP contribution in [-0.2, 0) is 0 Å². The summed E-state index contributed by atoms with van der Waals surface area (Å²) in [7, 11) is 0. The molecule has 4 nitrogen and oxygen atoms in total. The molecule has 1 aliphatic carbocycles. The Hall–Kier alpha value is -1.52. The van der Waals surface area contributed by atoms with Gasteiger partial charge in [0.1, 0.15) is 0 Å². The Kier molecular flexibility index (Phi) is 5.23. The first kappa shape index (κ1) is 16.3. The molecule has 0 aliphatic heterocycles. The second kappa shape index (κ2) is 7.37. The Morgan fingerprint density at radius 1 is 1.26 bits per heavy atom. The number of hydrogen-bond donors (Lipinski definition) is 3. The molecule has 1 aromatic heterocycles. The number of aliphatic hydroxyl groups excluding tert-OH is 1. The number of amides is 1. The highest BCUT2D eigenvalue weighted by molar-refractivity contribution is 6.38. The van der Waals surface area contributed by atoms with Crippen molar-refractivity contribution in [3.63, 3.8) is 0 Å². The van der Waals surface area contributed by atoms with Crippen molar-refractivity contribution in [2.24, 2.45) is 5.92 Å². The molecule has 1 fully saturated rings. The number of halogens is 1. The van der Waals surface area contributed by atoms with Crippen LogP contribution in [0, 0.1) is 5.92 Å². The molecule has 0 radical (unpaired) electrons.